The van der Waals surface area contributed by atoms with Gasteiger partial charge in [-0.3, -0.25) is 9.79 Å². The van der Waals surface area contributed by atoms with Gasteiger partial charge in [-0.1, -0.05) is 6.42 Å². The van der Waals surface area contributed by atoms with E-state index in [1.165, 1.54) is 0 Å². The first kappa shape index (κ1) is 22.5. The van der Waals surface area contributed by atoms with E-state index in [1.54, 1.807) is 18.2 Å². The van der Waals surface area contributed by atoms with Crippen molar-refractivity contribution >= 4 is 34.3 Å². The third-order valence-corrected chi connectivity index (χ3v) is 5.67. The average molecular weight is 503 g/mol. The third-order valence-electron chi connectivity index (χ3n) is 5.67. The molecule has 2 aromatic rings. The summed E-state index contributed by atoms with van der Waals surface area (Å²) < 4.78 is 22.7. The minimum absolute atomic E-state index is 0. The van der Waals surface area contributed by atoms with Crippen LogP contribution in [0.15, 0.2) is 41.4 Å². The number of anilines is 1. The maximum Gasteiger partial charge on any atom is 0.182 e. The van der Waals surface area contributed by atoms with Gasteiger partial charge in [-0.25, -0.2) is 0 Å². The number of hydrogen-bond donors (Lipinski definition) is 0. The Morgan fingerprint density at radius 2 is 1.47 bits per heavy atom. The van der Waals surface area contributed by atoms with Gasteiger partial charge >= 0.3 is 0 Å². The van der Waals surface area contributed by atoms with Gasteiger partial charge < -0.3 is 23.8 Å². The summed E-state index contributed by atoms with van der Waals surface area (Å²) in [5, 5.41) is 0. The molecule has 2 aromatic carbocycles. The van der Waals surface area contributed by atoms with Crippen molar-refractivity contribution in [1.82, 2.24) is 0 Å². The minimum Gasteiger partial charge on any atom is -0.486 e. The van der Waals surface area contributed by atoms with Crippen LogP contribution in [0.3, 0.4) is 0 Å². The number of Topliss-reactive ketones (excluding diaryl/α,β-unsaturated/α-hetero) is 1. The second-order valence-electron chi connectivity index (χ2n) is 7.80. The predicted octanol–water partition coefficient (Wildman–Crippen LogP) is 4.47. The van der Waals surface area contributed by atoms with Gasteiger partial charge in [0.2, 0.25) is 0 Å². The van der Waals surface area contributed by atoms with E-state index in [0.717, 1.165) is 49.5 Å². The normalized spacial score (nSPS) is 16.8. The zero-order valence-electron chi connectivity index (χ0n) is 17.9. The molecule has 0 radical (unpaired) electrons. The Morgan fingerprint density at radius 3 is 2.22 bits per heavy atom. The van der Waals surface area contributed by atoms with Crippen molar-refractivity contribution in [2.45, 2.75) is 25.7 Å². The zero-order valence-corrected chi connectivity index (χ0v) is 19.6. The van der Waals surface area contributed by atoms with Gasteiger partial charge in [-0.15, -0.1) is 17.0 Å². The summed E-state index contributed by atoms with van der Waals surface area (Å²) >= 11 is 0. The molecule has 32 heavy (non-hydrogen) atoms. The van der Waals surface area contributed by atoms with E-state index in [9.17, 15) is 4.79 Å². The maximum absolute atomic E-state index is 13.3. The maximum atomic E-state index is 13.3. The number of ether oxygens (including phenoxy) is 4. The van der Waals surface area contributed by atoms with Crippen LogP contribution in [-0.4, -0.2) is 51.1 Å². The predicted molar refractivity (Wildman–Crippen MR) is 128 cm³/mol. The van der Waals surface area contributed by atoms with Gasteiger partial charge in [0.25, 0.3) is 0 Å². The molecule has 0 aliphatic carbocycles. The number of amidine groups is 1. The fraction of sp³-hybridized carbons (Fsp3) is 0.417. The molecule has 3 aliphatic heterocycles. The molecule has 0 unspecified atom stereocenters. The largest absolute Gasteiger partial charge is 0.486 e. The lowest BCUT2D eigenvalue weighted by molar-refractivity contribution is 0.100. The molecule has 3 aliphatic rings. The molecule has 8 heteroatoms. The van der Waals surface area contributed by atoms with Crippen LogP contribution < -0.4 is 23.8 Å². The van der Waals surface area contributed by atoms with E-state index in [1.807, 2.05) is 23.1 Å². The molecule has 170 valence electrons. The molecule has 0 aromatic heterocycles. The molecule has 0 amide bonds. The standard InChI is InChI=1S/C24H26N2O5.BrH/c27-19(17-5-7-20-22(14-17)30-12-10-28-20)16-26(24-4-2-1-3-9-25-24)18-6-8-21-23(15-18)31-13-11-29-21;/h5-8,14-15H,1-4,9-13,16H2;1H. The Bertz CT molecular complexity index is 1010. The quantitative estimate of drug-likeness (QED) is 0.574. The molecule has 5 rings (SSSR count). The van der Waals surface area contributed by atoms with Gasteiger partial charge in [0.05, 0.1) is 6.54 Å². The van der Waals surface area contributed by atoms with Crippen LogP contribution in [0.2, 0.25) is 0 Å². The minimum atomic E-state index is -0.00110. The zero-order chi connectivity index (χ0) is 21.0. The highest BCUT2D eigenvalue weighted by atomic mass is 79.9. The Kier molecular flexibility index (Phi) is 7.19. The lowest BCUT2D eigenvalue weighted by Crippen LogP contribution is -2.36. The van der Waals surface area contributed by atoms with Crippen LogP contribution in [-0.2, 0) is 0 Å². The number of halogens is 1. The van der Waals surface area contributed by atoms with E-state index in [2.05, 4.69) is 0 Å². The Hall–Kier alpha value is -2.74. The van der Waals surface area contributed by atoms with E-state index < -0.39 is 0 Å². The smallest absolute Gasteiger partial charge is 0.182 e. The summed E-state index contributed by atoms with van der Waals surface area (Å²) in [5.74, 6) is 3.68. The highest BCUT2D eigenvalue weighted by Crippen LogP contribution is 2.35. The fourth-order valence-electron chi connectivity index (χ4n) is 4.06. The van der Waals surface area contributed by atoms with Crippen molar-refractivity contribution in [3.8, 4) is 23.0 Å². The number of ketones is 1. The molecule has 0 fully saturated rings. The molecule has 7 nitrogen and oxygen atoms in total. The van der Waals surface area contributed by atoms with Gasteiger partial charge in [-0.05, 0) is 43.2 Å². The van der Waals surface area contributed by atoms with Crippen LogP contribution in [0.25, 0.3) is 0 Å². The summed E-state index contributed by atoms with van der Waals surface area (Å²) in [6.45, 7) is 3.06. The molecule has 0 atom stereocenters. The Labute approximate surface area is 198 Å². The van der Waals surface area contributed by atoms with Gasteiger partial charge in [0.15, 0.2) is 28.8 Å². The number of hydrogen-bond acceptors (Lipinski definition) is 7. The summed E-state index contributed by atoms with van der Waals surface area (Å²) in [6, 6.07) is 11.2. The van der Waals surface area contributed by atoms with Crippen LogP contribution in [0, 0.1) is 0 Å². The van der Waals surface area contributed by atoms with Crippen LogP contribution in [0.5, 0.6) is 23.0 Å². The van der Waals surface area contributed by atoms with Crippen molar-refractivity contribution in [3.05, 3.63) is 42.0 Å². The van der Waals surface area contributed by atoms with Crippen molar-refractivity contribution in [1.29, 1.82) is 0 Å². The highest BCUT2D eigenvalue weighted by molar-refractivity contribution is 8.93. The van der Waals surface area contributed by atoms with Gasteiger partial charge in [0, 0.05) is 30.3 Å². The molecular weight excluding hydrogens is 476 g/mol. The summed E-state index contributed by atoms with van der Waals surface area (Å²) in [4.78, 5) is 20.1. The van der Waals surface area contributed by atoms with Crippen molar-refractivity contribution in [2.24, 2.45) is 4.99 Å². The van der Waals surface area contributed by atoms with E-state index in [0.29, 0.717) is 49.2 Å². The topological polar surface area (TPSA) is 69.6 Å². The summed E-state index contributed by atoms with van der Waals surface area (Å²) in [7, 11) is 0. The molecule has 0 bridgehead atoms. The first-order valence-electron chi connectivity index (χ1n) is 10.9. The average Bonchev–Trinajstić information content (AvgIpc) is 3.11. The number of carbonyl (C=O) groups excluding carboxylic acids is 1. The molecule has 3 heterocycles. The van der Waals surface area contributed by atoms with Crippen LogP contribution >= 0.6 is 17.0 Å². The number of fused-ring (bicyclic) bond motifs is 2. The first-order valence-corrected chi connectivity index (χ1v) is 10.9. The number of benzene rings is 2. The fourth-order valence-corrected chi connectivity index (χ4v) is 4.06. The Morgan fingerprint density at radius 1 is 0.812 bits per heavy atom. The molecule has 0 spiro atoms. The van der Waals surface area contributed by atoms with Crippen LogP contribution in [0.4, 0.5) is 5.69 Å². The number of rotatable bonds is 4. The molecule has 0 saturated carbocycles. The van der Waals surface area contributed by atoms with Crippen molar-refractivity contribution in [2.75, 3.05) is 44.4 Å². The third kappa shape index (κ3) is 4.85. The second-order valence-corrected chi connectivity index (χ2v) is 7.80. The number of carbonyl (C=O) groups is 1. The van der Waals surface area contributed by atoms with Crippen molar-refractivity contribution < 1.29 is 23.7 Å². The molecular formula is C24H27BrN2O5. The lowest BCUT2D eigenvalue weighted by atomic mass is 10.1. The van der Waals surface area contributed by atoms with Crippen molar-refractivity contribution in [3.63, 3.8) is 0 Å². The molecule has 0 N–H and O–H groups in total. The second kappa shape index (κ2) is 10.3. The van der Waals surface area contributed by atoms with Crippen LogP contribution in [0.1, 0.15) is 36.0 Å². The highest BCUT2D eigenvalue weighted by Gasteiger charge is 2.23. The molecule has 0 saturated heterocycles. The Balaban J connectivity index is 0.00000245. The van der Waals surface area contributed by atoms with E-state index >= 15 is 0 Å². The summed E-state index contributed by atoms with van der Waals surface area (Å²) in [6.07, 6.45) is 4.15. The summed E-state index contributed by atoms with van der Waals surface area (Å²) in [5.41, 5.74) is 1.48. The SMILES string of the molecule is Br.O=C(CN(C1=NCCCCC1)c1ccc2c(c1)OCCO2)c1ccc2c(c1)OCCO2. The lowest BCUT2D eigenvalue weighted by Gasteiger charge is -2.27. The number of aliphatic imine (C=N–C) groups is 1. The van der Waals surface area contributed by atoms with Gasteiger partial charge in [0.1, 0.15) is 32.3 Å². The van der Waals surface area contributed by atoms with E-state index in [-0.39, 0.29) is 29.3 Å². The first-order chi connectivity index (χ1) is 15.3. The van der Waals surface area contributed by atoms with Gasteiger partial charge in [-0.2, -0.15) is 0 Å². The number of nitrogens with zero attached hydrogens (tertiary/aromatic N) is 2. The monoisotopic (exact) mass is 502 g/mol. The van der Waals surface area contributed by atoms with E-state index in [4.69, 9.17) is 23.9 Å².